The fraction of sp³-hybridized carbons (Fsp3) is 0.750. The molecule has 0 amide bonds. The Morgan fingerprint density at radius 2 is 2.14 bits per heavy atom. The van der Waals surface area contributed by atoms with Crippen LogP contribution in [0.4, 0.5) is 0 Å². The van der Waals surface area contributed by atoms with E-state index in [1.54, 1.807) is 0 Å². The maximum absolute atomic E-state index is 5.81. The van der Waals surface area contributed by atoms with Gasteiger partial charge >= 0.3 is 0 Å². The van der Waals surface area contributed by atoms with Gasteiger partial charge in [-0.3, -0.25) is 4.90 Å². The summed E-state index contributed by atoms with van der Waals surface area (Å²) in [4.78, 5) is 11.4. The number of morpholine rings is 1. The molecule has 118 valence electrons. The minimum atomic E-state index is 0.0166. The lowest BCUT2D eigenvalue weighted by atomic mass is 10.2. The first-order valence-electron chi connectivity index (χ1n) is 8.04. The van der Waals surface area contributed by atoms with E-state index < -0.39 is 0 Å². The second-order valence-corrected chi connectivity index (χ2v) is 6.13. The molecule has 0 saturated carbocycles. The molecule has 0 spiro atoms. The minimum Gasteiger partial charge on any atom is -0.368 e. The molecular formula is C16H28N4O. The van der Waals surface area contributed by atoms with Crippen LogP contribution in [-0.2, 0) is 11.3 Å². The smallest absolute Gasteiger partial charge is 0.158 e. The van der Waals surface area contributed by atoms with Crippen molar-refractivity contribution in [3.63, 3.8) is 0 Å². The van der Waals surface area contributed by atoms with Crippen molar-refractivity contribution >= 4 is 0 Å². The van der Waals surface area contributed by atoms with E-state index in [9.17, 15) is 0 Å². The summed E-state index contributed by atoms with van der Waals surface area (Å²) in [5, 5.41) is 3.40. The van der Waals surface area contributed by atoms with E-state index >= 15 is 0 Å². The zero-order valence-electron chi connectivity index (χ0n) is 13.5. The Kier molecular flexibility index (Phi) is 6.54. The Bertz CT molecular complexity index is 405. The van der Waals surface area contributed by atoms with E-state index in [0.29, 0.717) is 5.92 Å². The fourth-order valence-electron chi connectivity index (χ4n) is 2.51. The van der Waals surface area contributed by atoms with Gasteiger partial charge in [0.15, 0.2) is 5.82 Å². The number of aromatic nitrogens is 2. The highest BCUT2D eigenvalue weighted by molar-refractivity contribution is 5.06. The monoisotopic (exact) mass is 292 g/mol. The predicted octanol–water partition coefficient (Wildman–Crippen LogP) is 2.01. The summed E-state index contributed by atoms with van der Waals surface area (Å²) in [6.45, 7) is 12.3. The molecule has 1 fully saturated rings. The number of rotatable bonds is 7. The summed E-state index contributed by atoms with van der Waals surface area (Å²) in [5.41, 5.74) is 1.13. The highest BCUT2D eigenvalue weighted by Crippen LogP contribution is 2.18. The van der Waals surface area contributed by atoms with Gasteiger partial charge in [0, 0.05) is 37.6 Å². The molecule has 0 aromatic carbocycles. The summed E-state index contributed by atoms with van der Waals surface area (Å²) in [6.07, 6.45) is 5.02. The van der Waals surface area contributed by atoms with Crippen molar-refractivity contribution in [2.75, 3.05) is 32.8 Å². The Morgan fingerprint density at radius 3 is 2.81 bits per heavy atom. The molecule has 0 aliphatic carbocycles. The van der Waals surface area contributed by atoms with Crippen LogP contribution in [0.3, 0.4) is 0 Å². The maximum atomic E-state index is 5.81. The molecule has 1 aromatic heterocycles. The van der Waals surface area contributed by atoms with Gasteiger partial charge in [-0.05, 0) is 25.4 Å². The van der Waals surface area contributed by atoms with Gasteiger partial charge in [-0.15, -0.1) is 0 Å². The van der Waals surface area contributed by atoms with Crippen LogP contribution in [0, 0.1) is 5.92 Å². The Balaban J connectivity index is 1.86. The van der Waals surface area contributed by atoms with Crippen LogP contribution in [0.15, 0.2) is 12.4 Å². The molecule has 2 heterocycles. The van der Waals surface area contributed by atoms with Crippen LogP contribution >= 0.6 is 0 Å². The van der Waals surface area contributed by atoms with Crippen LogP contribution in [-0.4, -0.2) is 47.7 Å². The van der Waals surface area contributed by atoms with Crippen molar-refractivity contribution in [1.82, 2.24) is 20.2 Å². The zero-order valence-corrected chi connectivity index (χ0v) is 13.5. The number of hydrogen-bond acceptors (Lipinski definition) is 5. The molecule has 1 saturated heterocycles. The van der Waals surface area contributed by atoms with Crippen molar-refractivity contribution in [3.05, 3.63) is 23.8 Å². The number of nitrogens with zero attached hydrogens (tertiary/aromatic N) is 3. The molecule has 1 aliphatic heterocycles. The van der Waals surface area contributed by atoms with Crippen molar-refractivity contribution in [2.45, 2.75) is 39.8 Å². The van der Waals surface area contributed by atoms with Crippen LogP contribution in [0.5, 0.6) is 0 Å². The van der Waals surface area contributed by atoms with Crippen molar-refractivity contribution < 1.29 is 4.74 Å². The van der Waals surface area contributed by atoms with Crippen molar-refractivity contribution in [1.29, 1.82) is 0 Å². The number of ether oxygens (including phenoxy) is 1. The molecule has 1 aromatic rings. The first-order valence-corrected chi connectivity index (χ1v) is 8.04. The molecule has 0 bridgehead atoms. The van der Waals surface area contributed by atoms with Crippen molar-refractivity contribution in [3.8, 4) is 0 Å². The van der Waals surface area contributed by atoms with E-state index in [-0.39, 0.29) is 6.10 Å². The molecule has 0 radical (unpaired) electrons. The van der Waals surface area contributed by atoms with Gasteiger partial charge in [0.05, 0.1) is 6.61 Å². The van der Waals surface area contributed by atoms with Gasteiger partial charge < -0.3 is 10.1 Å². The van der Waals surface area contributed by atoms with Crippen LogP contribution < -0.4 is 5.32 Å². The highest BCUT2D eigenvalue weighted by atomic mass is 16.5. The predicted molar refractivity (Wildman–Crippen MR) is 84.0 cm³/mol. The van der Waals surface area contributed by atoms with Crippen LogP contribution in [0.2, 0.25) is 0 Å². The molecular weight excluding hydrogens is 264 g/mol. The third-order valence-corrected chi connectivity index (χ3v) is 3.59. The third kappa shape index (κ3) is 5.34. The average molecular weight is 292 g/mol. The largest absolute Gasteiger partial charge is 0.368 e. The zero-order chi connectivity index (χ0) is 15.1. The second kappa shape index (κ2) is 8.41. The lowest BCUT2D eigenvalue weighted by Crippen LogP contribution is -2.39. The summed E-state index contributed by atoms with van der Waals surface area (Å²) in [5.74, 6) is 1.47. The first kappa shape index (κ1) is 16.3. The Morgan fingerprint density at radius 1 is 1.38 bits per heavy atom. The second-order valence-electron chi connectivity index (χ2n) is 6.13. The molecule has 5 nitrogen and oxygen atoms in total. The van der Waals surface area contributed by atoms with E-state index in [4.69, 9.17) is 4.74 Å². The molecule has 1 unspecified atom stereocenters. The van der Waals surface area contributed by atoms with Gasteiger partial charge in [0.25, 0.3) is 0 Å². The SMILES string of the molecule is CCCN1CCOC(c2ncc(CNCC(C)C)cn2)C1. The van der Waals surface area contributed by atoms with Gasteiger partial charge in [-0.2, -0.15) is 0 Å². The summed E-state index contributed by atoms with van der Waals surface area (Å²) < 4.78 is 5.81. The van der Waals surface area contributed by atoms with Gasteiger partial charge in [-0.1, -0.05) is 20.8 Å². The molecule has 1 aliphatic rings. The molecule has 1 N–H and O–H groups in total. The van der Waals surface area contributed by atoms with Crippen molar-refractivity contribution in [2.24, 2.45) is 5.92 Å². The lowest BCUT2D eigenvalue weighted by Gasteiger charge is -2.31. The summed E-state index contributed by atoms with van der Waals surface area (Å²) in [6, 6.07) is 0. The van der Waals surface area contributed by atoms with E-state index in [1.807, 2.05) is 12.4 Å². The van der Waals surface area contributed by atoms with E-state index in [1.165, 1.54) is 6.42 Å². The third-order valence-electron chi connectivity index (χ3n) is 3.59. The quantitative estimate of drug-likeness (QED) is 0.833. The van der Waals surface area contributed by atoms with Crippen LogP contribution in [0.25, 0.3) is 0 Å². The minimum absolute atomic E-state index is 0.0166. The van der Waals surface area contributed by atoms with Crippen LogP contribution in [0.1, 0.15) is 44.7 Å². The number of hydrogen-bond donors (Lipinski definition) is 1. The summed E-state index contributed by atoms with van der Waals surface area (Å²) >= 11 is 0. The Labute approximate surface area is 128 Å². The van der Waals surface area contributed by atoms with Gasteiger partial charge in [0.2, 0.25) is 0 Å². The highest BCUT2D eigenvalue weighted by Gasteiger charge is 2.23. The summed E-state index contributed by atoms with van der Waals surface area (Å²) in [7, 11) is 0. The van der Waals surface area contributed by atoms with E-state index in [2.05, 4.69) is 41.0 Å². The molecule has 21 heavy (non-hydrogen) atoms. The Hall–Kier alpha value is -1.04. The molecule has 5 heteroatoms. The molecule has 2 rings (SSSR count). The lowest BCUT2D eigenvalue weighted by molar-refractivity contribution is -0.0342. The van der Waals surface area contributed by atoms with Gasteiger partial charge in [-0.25, -0.2) is 9.97 Å². The number of nitrogens with one attached hydrogen (secondary N) is 1. The maximum Gasteiger partial charge on any atom is 0.158 e. The first-order chi connectivity index (χ1) is 10.2. The molecule has 1 atom stereocenters. The average Bonchev–Trinajstić information content (AvgIpc) is 2.48. The topological polar surface area (TPSA) is 50.3 Å². The van der Waals surface area contributed by atoms with Gasteiger partial charge in [0.1, 0.15) is 6.10 Å². The fourth-order valence-corrected chi connectivity index (χ4v) is 2.51. The standard InChI is InChI=1S/C16H28N4O/c1-4-5-20-6-7-21-15(12-20)16-18-10-14(11-19-16)9-17-8-13(2)3/h10-11,13,15,17H,4-9,12H2,1-3H3. The van der Waals surface area contributed by atoms with E-state index in [0.717, 1.165) is 50.7 Å². The normalized spacial score (nSPS) is 20.1.